The average molecular weight is 301 g/mol. The molecule has 1 N–H and O–H groups in total. The number of rotatable bonds is 5. The van der Waals surface area contributed by atoms with Crippen LogP contribution in [-0.4, -0.2) is 24.4 Å². The van der Waals surface area contributed by atoms with Crippen molar-refractivity contribution >= 4 is 11.6 Å². The Hall–Kier alpha value is -0.640. The highest BCUT2D eigenvalue weighted by atomic mass is 35.5. The molecular formula is C16H22ClFO2. The molecule has 0 saturated heterocycles. The van der Waals surface area contributed by atoms with E-state index in [4.69, 9.17) is 16.3 Å². The van der Waals surface area contributed by atoms with Gasteiger partial charge in [-0.3, -0.25) is 0 Å². The lowest BCUT2D eigenvalue weighted by Gasteiger charge is -2.32. The van der Waals surface area contributed by atoms with Crippen molar-refractivity contribution in [3.8, 4) is 0 Å². The predicted octanol–water partition coefficient (Wildman–Crippen LogP) is 3.98. The summed E-state index contributed by atoms with van der Waals surface area (Å²) in [5, 5.41) is 10.8. The molecule has 2 unspecified atom stereocenters. The number of hydrogen-bond donors (Lipinski definition) is 1. The molecule has 0 spiro atoms. The lowest BCUT2D eigenvalue weighted by molar-refractivity contribution is -0.0538. The van der Waals surface area contributed by atoms with Gasteiger partial charge in [0.15, 0.2) is 0 Å². The molecule has 1 saturated carbocycles. The van der Waals surface area contributed by atoms with Gasteiger partial charge in [0.25, 0.3) is 0 Å². The Morgan fingerprint density at radius 3 is 2.65 bits per heavy atom. The minimum absolute atomic E-state index is 0.195. The molecule has 1 aliphatic rings. The molecule has 1 aliphatic carbocycles. The van der Waals surface area contributed by atoms with Crippen molar-refractivity contribution in [1.29, 1.82) is 0 Å². The maximum absolute atomic E-state index is 13.8. The summed E-state index contributed by atoms with van der Waals surface area (Å²) in [5.74, 6) is -0.00986. The van der Waals surface area contributed by atoms with E-state index in [0.29, 0.717) is 16.5 Å². The van der Waals surface area contributed by atoms with Crippen molar-refractivity contribution in [2.75, 3.05) is 7.11 Å². The summed E-state index contributed by atoms with van der Waals surface area (Å²) >= 11 is 6.02. The largest absolute Gasteiger partial charge is 0.390 e. The van der Waals surface area contributed by atoms with Gasteiger partial charge in [0.1, 0.15) is 5.82 Å². The van der Waals surface area contributed by atoms with Crippen LogP contribution in [0.1, 0.15) is 37.7 Å². The maximum Gasteiger partial charge on any atom is 0.127 e. The van der Waals surface area contributed by atoms with E-state index in [0.717, 1.165) is 12.8 Å². The standard InChI is InChI=1S/C16H22ClFO2/c1-20-16(11-6-3-2-4-7-11)15(19)10-12-13(17)8-5-9-14(12)18/h5,8-9,11,15-16,19H,2-4,6-7,10H2,1H3. The second-order valence-electron chi connectivity index (χ2n) is 5.57. The van der Waals surface area contributed by atoms with Crippen molar-refractivity contribution in [2.45, 2.75) is 50.7 Å². The highest BCUT2D eigenvalue weighted by Gasteiger charge is 2.30. The molecule has 0 aromatic heterocycles. The lowest BCUT2D eigenvalue weighted by atomic mass is 9.82. The number of methoxy groups -OCH3 is 1. The molecule has 1 aromatic rings. The van der Waals surface area contributed by atoms with Gasteiger partial charge in [-0.05, 0) is 30.9 Å². The normalized spacial score (nSPS) is 19.8. The summed E-state index contributed by atoms with van der Waals surface area (Å²) in [6, 6.07) is 4.59. The van der Waals surface area contributed by atoms with Gasteiger partial charge < -0.3 is 9.84 Å². The molecule has 0 heterocycles. The van der Waals surface area contributed by atoms with Gasteiger partial charge in [0, 0.05) is 24.1 Å². The van der Waals surface area contributed by atoms with E-state index in [1.807, 2.05) is 0 Å². The van der Waals surface area contributed by atoms with Crippen LogP contribution in [0.4, 0.5) is 4.39 Å². The molecule has 0 radical (unpaired) electrons. The summed E-state index contributed by atoms with van der Waals surface area (Å²) in [5.41, 5.74) is 0.375. The van der Waals surface area contributed by atoms with Crippen molar-refractivity contribution in [2.24, 2.45) is 5.92 Å². The van der Waals surface area contributed by atoms with Crippen molar-refractivity contribution in [3.63, 3.8) is 0 Å². The van der Waals surface area contributed by atoms with Crippen LogP contribution in [0.2, 0.25) is 5.02 Å². The van der Waals surface area contributed by atoms with Crippen LogP contribution < -0.4 is 0 Å². The second kappa shape index (κ2) is 7.39. The van der Waals surface area contributed by atoms with Crippen molar-refractivity contribution in [1.82, 2.24) is 0 Å². The zero-order valence-electron chi connectivity index (χ0n) is 11.8. The first kappa shape index (κ1) is 15.7. The minimum atomic E-state index is -0.725. The van der Waals surface area contributed by atoms with Crippen LogP contribution in [-0.2, 0) is 11.2 Å². The van der Waals surface area contributed by atoms with Gasteiger partial charge in [0.05, 0.1) is 12.2 Å². The van der Waals surface area contributed by atoms with Gasteiger partial charge in [-0.2, -0.15) is 0 Å². The number of hydrogen-bond acceptors (Lipinski definition) is 2. The molecule has 20 heavy (non-hydrogen) atoms. The van der Waals surface area contributed by atoms with E-state index < -0.39 is 6.10 Å². The number of ether oxygens (including phenoxy) is 1. The number of aliphatic hydroxyl groups excluding tert-OH is 1. The fraction of sp³-hybridized carbons (Fsp3) is 0.625. The summed E-state index contributed by atoms with van der Waals surface area (Å²) in [7, 11) is 1.62. The summed E-state index contributed by atoms with van der Waals surface area (Å²) in [4.78, 5) is 0. The first-order valence-electron chi connectivity index (χ1n) is 7.27. The van der Waals surface area contributed by atoms with Gasteiger partial charge in [-0.25, -0.2) is 4.39 Å². The molecule has 0 bridgehead atoms. The van der Waals surface area contributed by atoms with Crippen LogP contribution in [0.3, 0.4) is 0 Å². The van der Waals surface area contributed by atoms with Crippen LogP contribution in [0, 0.1) is 11.7 Å². The third-order valence-corrected chi connectivity index (χ3v) is 4.59. The van der Waals surface area contributed by atoms with Crippen LogP contribution >= 0.6 is 11.6 Å². The fourth-order valence-corrected chi connectivity index (χ4v) is 3.42. The maximum atomic E-state index is 13.8. The molecule has 1 fully saturated rings. The van der Waals surface area contributed by atoms with E-state index in [1.54, 1.807) is 19.2 Å². The van der Waals surface area contributed by atoms with Gasteiger partial charge in [-0.15, -0.1) is 0 Å². The van der Waals surface area contributed by atoms with E-state index in [-0.39, 0.29) is 18.3 Å². The number of halogens is 2. The number of aliphatic hydroxyl groups is 1. The molecular weight excluding hydrogens is 279 g/mol. The first-order chi connectivity index (χ1) is 9.63. The third-order valence-electron chi connectivity index (χ3n) is 4.24. The van der Waals surface area contributed by atoms with Crippen LogP contribution in [0.25, 0.3) is 0 Å². The zero-order valence-corrected chi connectivity index (χ0v) is 12.6. The SMILES string of the molecule is COC(C(O)Cc1c(F)cccc1Cl)C1CCCCC1. The topological polar surface area (TPSA) is 29.5 Å². The Morgan fingerprint density at radius 1 is 1.35 bits per heavy atom. The Balaban J connectivity index is 2.06. The van der Waals surface area contributed by atoms with E-state index in [1.165, 1.54) is 25.3 Å². The zero-order chi connectivity index (χ0) is 14.5. The first-order valence-corrected chi connectivity index (χ1v) is 7.65. The highest BCUT2D eigenvalue weighted by Crippen LogP contribution is 2.31. The Morgan fingerprint density at radius 2 is 2.05 bits per heavy atom. The molecule has 112 valence electrons. The van der Waals surface area contributed by atoms with Crippen LogP contribution in [0.15, 0.2) is 18.2 Å². The number of benzene rings is 1. The molecule has 0 amide bonds. The lowest BCUT2D eigenvalue weighted by Crippen LogP contribution is -2.38. The van der Waals surface area contributed by atoms with Gasteiger partial charge in [-0.1, -0.05) is 36.9 Å². The Labute approximate surface area is 124 Å². The summed E-state index contributed by atoms with van der Waals surface area (Å²) in [6.45, 7) is 0. The Bertz CT molecular complexity index is 412. The minimum Gasteiger partial charge on any atom is -0.390 e. The van der Waals surface area contributed by atoms with Crippen LogP contribution in [0.5, 0.6) is 0 Å². The molecule has 4 heteroatoms. The van der Waals surface area contributed by atoms with E-state index in [2.05, 4.69) is 0 Å². The fourth-order valence-electron chi connectivity index (χ4n) is 3.18. The molecule has 1 aromatic carbocycles. The van der Waals surface area contributed by atoms with Crippen molar-refractivity contribution < 1.29 is 14.2 Å². The van der Waals surface area contributed by atoms with Gasteiger partial charge >= 0.3 is 0 Å². The van der Waals surface area contributed by atoms with Gasteiger partial charge in [0.2, 0.25) is 0 Å². The van der Waals surface area contributed by atoms with E-state index in [9.17, 15) is 9.50 Å². The monoisotopic (exact) mass is 300 g/mol. The predicted molar refractivity (Wildman–Crippen MR) is 78.5 cm³/mol. The third kappa shape index (κ3) is 3.72. The molecule has 2 rings (SSSR count). The van der Waals surface area contributed by atoms with Crippen molar-refractivity contribution in [3.05, 3.63) is 34.6 Å². The average Bonchev–Trinajstić information content (AvgIpc) is 2.45. The molecule has 0 aliphatic heterocycles. The molecule has 2 atom stereocenters. The summed E-state index contributed by atoms with van der Waals surface area (Å²) in [6.07, 6.45) is 4.97. The second-order valence-corrected chi connectivity index (χ2v) is 5.98. The highest BCUT2D eigenvalue weighted by molar-refractivity contribution is 6.31. The Kier molecular flexibility index (Phi) is 5.82. The smallest absolute Gasteiger partial charge is 0.127 e. The summed E-state index contributed by atoms with van der Waals surface area (Å²) < 4.78 is 19.3. The molecule has 2 nitrogen and oxygen atoms in total. The quantitative estimate of drug-likeness (QED) is 0.891. The van der Waals surface area contributed by atoms with E-state index >= 15 is 0 Å².